The molecule has 0 spiro atoms. The van der Waals surface area contributed by atoms with E-state index in [0.717, 1.165) is 38.3 Å². The molecule has 3 amide bonds. The number of hydrogen-bond acceptors (Lipinski definition) is 3. The number of ether oxygens (including phenoxy) is 1. The van der Waals surface area contributed by atoms with Gasteiger partial charge in [0, 0.05) is 26.2 Å². The fraction of sp³-hybridized carbons (Fsp3) is 0.846. The fourth-order valence-electron chi connectivity index (χ4n) is 2.68. The summed E-state index contributed by atoms with van der Waals surface area (Å²) < 4.78 is 4.57. The first-order chi connectivity index (χ1) is 9.10. The largest absolute Gasteiger partial charge is 0.453 e. The number of urea groups is 1. The molecule has 6 nitrogen and oxygen atoms in total. The molecule has 0 aromatic heterocycles. The molecule has 2 rings (SSSR count). The van der Waals surface area contributed by atoms with Crippen LogP contribution in [0.5, 0.6) is 0 Å². The average molecular weight is 269 g/mol. The zero-order valence-electron chi connectivity index (χ0n) is 11.7. The zero-order valence-corrected chi connectivity index (χ0v) is 11.7. The van der Waals surface area contributed by atoms with Crippen LogP contribution in [0.3, 0.4) is 0 Å². The van der Waals surface area contributed by atoms with Crippen molar-refractivity contribution in [2.75, 3.05) is 33.3 Å². The molecule has 108 valence electrons. The van der Waals surface area contributed by atoms with Crippen molar-refractivity contribution >= 4 is 12.1 Å². The number of amides is 3. The summed E-state index contributed by atoms with van der Waals surface area (Å²) in [5, 5.41) is 2.75. The number of rotatable bonds is 1. The molecule has 0 aliphatic carbocycles. The molecule has 2 fully saturated rings. The minimum atomic E-state index is -0.425. The maximum atomic E-state index is 12.3. The highest BCUT2D eigenvalue weighted by Gasteiger charge is 2.31. The first-order valence-corrected chi connectivity index (χ1v) is 6.98. The molecule has 1 N–H and O–H groups in total. The minimum absolute atomic E-state index is 0.0140. The normalized spacial score (nSPS) is 24.4. The van der Waals surface area contributed by atoms with Crippen molar-refractivity contribution in [1.82, 2.24) is 15.1 Å². The van der Waals surface area contributed by atoms with Crippen molar-refractivity contribution in [3.05, 3.63) is 0 Å². The Morgan fingerprint density at radius 1 is 1.11 bits per heavy atom. The van der Waals surface area contributed by atoms with Crippen LogP contribution in [0, 0.1) is 5.92 Å². The molecule has 19 heavy (non-hydrogen) atoms. The van der Waals surface area contributed by atoms with Crippen LogP contribution in [0.1, 0.15) is 26.2 Å². The van der Waals surface area contributed by atoms with E-state index in [1.54, 1.807) is 0 Å². The number of hydrogen-bond donors (Lipinski definition) is 1. The summed E-state index contributed by atoms with van der Waals surface area (Å²) in [6, 6.07) is 0.126. The van der Waals surface area contributed by atoms with Crippen LogP contribution in [-0.2, 0) is 4.74 Å². The van der Waals surface area contributed by atoms with Crippen LogP contribution in [0.15, 0.2) is 0 Å². The molecule has 0 radical (unpaired) electrons. The second kappa shape index (κ2) is 6.12. The molecule has 2 heterocycles. The Bertz CT molecular complexity index is 340. The number of carbonyl (C=O) groups is 2. The summed E-state index contributed by atoms with van der Waals surface area (Å²) >= 11 is 0. The maximum Gasteiger partial charge on any atom is 0.407 e. The minimum Gasteiger partial charge on any atom is -0.453 e. The van der Waals surface area contributed by atoms with Crippen molar-refractivity contribution in [3.8, 4) is 0 Å². The smallest absolute Gasteiger partial charge is 0.407 e. The molecule has 0 aromatic rings. The van der Waals surface area contributed by atoms with E-state index < -0.39 is 6.09 Å². The number of nitrogens with one attached hydrogen (secondary N) is 1. The monoisotopic (exact) mass is 269 g/mol. The summed E-state index contributed by atoms with van der Waals surface area (Å²) in [4.78, 5) is 27.2. The van der Waals surface area contributed by atoms with Gasteiger partial charge >= 0.3 is 12.1 Å². The molecule has 0 saturated carbocycles. The number of piperidine rings is 1. The lowest BCUT2D eigenvalue weighted by atomic mass is 10.00. The lowest BCUT2D eigenvalue weighted by Gasteiger charge is -2.33. The maximum absolute atomic E-state index is 12.3. The van der Waals surface area contributed by atoms with Crippen LogP contribution in [-0.4, -0.2) is 61.3 Å². The number of carbonyl (C=O) groups excluding carboxylic acids is 2. The molecule has 0 aromatic carbocycles. The number of likely N-dealkylation sites (tertiary alicyclic amines) is 2. The van der Waals surface area contributed by atoms with Crippen molar-refractivity contribution in [1.29, 1.82) is 0 Å². The summed E-state index contributed by atoms with van der Waals surface area (Å²) in [6.45, 7) is 5.23. The highest BCUT2D eigenvalue weighted by Crippen LogP contribution is 2.19. The van der Waals surface area contributed by atoms with Crippen molar-refractivity contribution in [2.45, 2.75) is 32.2 Å². The van der Waals surface area contributed by atoms with Crippen molar-refractivity contribution in [2.24, 2.45) is 5.92 Å². The Balaban J connectivity index is 1.80. The van der Waals surface area contributed by atoms with Gasteiger partial charge in [0.25, 0.3) is 0 Å². The molecule has 2 aliphatic heterocycles. The van der Waals surface area contributed by atoms with Gasteiger partial charge in [-0.15, -0.1) is 0 Å². The molecule has 2 aliphatic rings. The molecular formula is C13H23N3O3. The Morgan fingerprint density at radius 3 is 2.37 bits per heavy atom. The van der Waals surface area contributed by atoms with Gasteiger partial charge in [-0.05, 0) is 25.2 Å². The summed E-state index contributed by atoms with van der Waals surface area (Å²) in [5.74, 6) is 0.719. The second-order valence-corrected chi connectivity index (χ2v) is 5.52. The molecule has 1 atom stereocenters. The highest BCUT2D eigenvalue weighted by atomic mass is 16.5. The molecule has 0 bridgehead atoms. The Kier molecular flexibility index (Phi) is 4.50. The van der Waals surface area contributed by atoms with Gasteiger partial charge in [-0.25, -0.2) is 9.59 Å². The Hall–Kier alpha value is -1.46. The second-order valence-electron chi connectivity index (χ2n) is 5.52. The van der Waals surface area contributed by atoms with Crippen LogP contribution in [0.25, 0.3) is 0 Å². The van der Waals surface area contributed by atoms with Gasteiger partial charge in [0.15, 0.2) is 0 Å². The van der Waals surface area contributed by atoms with Gasteiger partial charge < -0.3 is 19.9 Å². The van der Waals surface area contributed by atoms with E-state index in [4.69, 9.17) is 0 Å². The van der Waals surface area contributed by atoms with Crippen LogP contribution in [0.4, 0.5) is 9.59 Å². The zero-order chi connectivity index (χ0) is 13.8. The van der Waals surface area contributed by atoms with E-state index in [9.17, 15) is 9.59 Å². The van der Waals surface area contributed by atoms with Gasteiger partial charge in [-0.2, -0.15) is 0 Å². The van der Waals surface area contributed by atoms with E-state index >= 15 is 0 Å². The summed E-state index contributed by atoms with van der Waals surface area (Å²) in [7, 11) is 1.35. The molecular weight excluding hydrogens is 246 g/mol. The van der Waals surface area contributed by atoms with Crippen molar-refractivity contribution in [3.63, 3.8) is 0 Å². The summed E-state index contributed by atoms with van der Waals surface area (Å²) in [6.07, 6.45) is 2.55. The van der Waals surface area contributed by atoms with Crippen LogP contribution < -0.4 is 5.32 Å². The number of alkyl carbamates (subject to hydrolysis) is 1. The van der Waals surface area contributed by atoms with E-state index in [2.05, 4.69) is 17.0 Å². The van der Waals surface area contributed by atoms with Crippen LogP contribution in [0.2, 0.25) is 0 Å². The predicted octanol–water partition coefficient (Wildman–Crippen LogP) is 1.27. The van der Waals surface area contributed by atoms with E-state index in [-0.39, 0.29) is 12.1 Å². The van der Waals surface area contributed by atoms with Gasteiger partial charge in [-0.1, -0.05) is 6.92 Å². The topological polar surface area (TPSA) is 61.9 Å². The third kappa shape index (κ3) is 3.52. The molecule has 2 saturated heterocycles. The summed E-state index contributed by atoms with van der Waals surface area (Å²) in [5.41, 5.74) is 0. The van der Waals surface area contributed by atoms with E-state index in [1.807, 2.05) is 9.80 Å². The SMILES string of the molecule is COC(=O)NC1CCN(C(=O)N2CCC(C)CC2)C1. The first-order valence-electron chi connectivity index (χ1n) is 6.98. The van der Waals surface area contributed by atoms with Crippen molar-refractivity contribution < 1.29 is 14.3 Å². The quantitative estimate of drug-likeness (QED) is 0.779. The standard InChI is InChI=1S/C13H23N3O3/c1-10-3-6-15(7-4-10)13(18)16-8-5-11(9-16)14-12(17)19-2/h10-11H,3-9H2,1-2H3,(H,14,17). The lowest BCUT2D eigenvalue weighted by molar-refractivity contribution is 0.141. The van der Waals surface area contributed by atoms with E-state index in [0.29, 0.717) is 13.1 Å². The van der Waals surface area contributed by atoms with Gasteiger partial charge in [0.05, 0.1) is 13.2 Å². The molecule has 6 heteroatoms. The third-order valence-corrected chi connectivity index (χ3v) is 4.02. The first kappa shape index (κ1) is 14.0. The highest BCUT2D eigenvalue weighted by molar-refractivity contribution is 5.75. The van der Waals surface area contributed by atoms with E-state index in [1.165, 1.54) is 7.11 Å². The van der Waals surface area contributed by atoms with Gasteiger partial charge in [0.1, 0.15) is 0 Å². The van der Waals surface area contributed by atoms with Gasteiger partial charge in [-0.3, -0.25) is 0 Å². The fourth-order valence-corrected chi connectivity index (χ4v) is 2.68. The lowest BCUT2D eigenvalue weighted by Crippen LogP contribution is -2.47. The average Bonchev–Trinajstić information content (AvgIpc) is 2.87. The molecule has 1 unspecified atom stereocenters. The Morgan fingerprint density at radius 2 is 1.74 bits per heavy atom. The third-order valence-electron chi connectivity index (χ3n) is 4.02. The predicted molar refractivity (Wildman–Crippen MR) is 70.9 cm³/mol. The number of nitrogens with zero attached hydrogens (tertiary/aromatic N) is 2. The van der Waals surface area contributed by atoms with Gasteiger partial charge in [0.2, 0.25) is 0 Å². The van der Waals surface area contributed by atoms with Crippen LogP contribution >= 0.6 is 0 Å². The number of methoxy groups -OCH3 is 1. The Labute approximate surface area is 114 Å².